The molecule has 5 nitrogen and oxygen atoms in total. The molecule has 1 aliphatic heterocycles. The lowest BCUT2D eigenvalue weighted by molar-refractivity contribution is -0.147. The maximum absolute atomic E-state index is 12.4. The summed E-state index contributed by atoms with van der Waals surface area (Å²) in [5.74, 6) is -1.40. The van der Waals surface area contributed by atoms with Gasteiger partial charge in [-0.2, -0.15) is 0 Å². The van der Waals surface area contributed by atoms with Crippen LogP contribution < -0.4 is 4.90 Å². The molecule has 1 heterocycles. The van der Waals surface area contributed by atoms with Gasteiger partial charge >= 0.3 is 5.97 Å². The quantitative estimate of drug-likeness (QED) is 0.602. The Hall–Kier alpha value is -2.95. The molecule has 1 saturated heterocycles. The van der Waals surface area contributed by atoms with Crippen LogP contribution in [0.1, 0.15) is 33.5 Å². The summed E-state index contributed by atoms with van der Waals surface area (Å²) in [5, 5.41) is 0. The molecule has 140 valence electrons. The molecule has 0 aliphatic carbocycles. The Morgan fingerprint density at radius 2 is 1.67 bits per heavy atom. The second-order valence-electron chi connectivity index (χ2n) is 7.04. The molecule has 0 bridgehead atoms. The Kier molecular flexibility index (Phi) is 5.40. The molecule has 0 spiro atoms. The lowest BCUT2D eigenvalue weighted by Crippen LogP contribution is -2.28. The van der Waals surface area contributed by atoms with Crippen molar-refractivity contribution in [3.8, 4) is 0 Å². The second kappa shape index (κ2) is 7.74. The summed E-state index contributed by atoms with van der Waals surface area (Å²) in [6.07, 6.45) is 0.103. The minimum atomic E-state index is -0.553. The van der Waals surface area contributed by atoms with Gasteiger partial charge in [-0.05, 0) is 31.9 Å². The molecule has 5 heteroatoms. The van der Waals surface area contributed by atoms with E-state index in [4.69, 9.17) is 4.74 Å². The molecule has 2 aromatic rings. The zero-order valence-electron chi connectivity index (χ0n) is 15.8. The van der Waals surface area contributed by atoms with E-state index in [0.29, 0.717) is 5.56 Å². The topological polar surface area (TPSA) is 63.7 Å². The van der Waals surface area contributed by atoms with Gasteiger partial charge in [-0.15, -0.1) is 0 Å². The first kappa shape index (κ1) is 18.8. The third kappa shape index (κ3) is 4.08. The van der Waals surface area contributed by atoms with Gasteiger partial charge < -0.3 is 9.64 Å². The minimum absolute atomic E-state index is 0.0980. The Morgan fingerprint density at radius 3 is 2.30 bits per heavy atom. The molecule has 1 fully saturated rings. The molecule has 3 rings (SSSR count). The number of aryl methyl sites for hydroxylation is 3. The van der Waals surface area contributed by atoms with Crippen LogP contribution in [0.25, 0.3) is 0 Å². The maximum Gasteiger partial charge on any atom is 0.311 e. The molecule has 2 aromatic carbocycles. The van der Waals surface area contributed by atoms with Crippen LogP contribution in [-0.4, -0.2) is 30.8 Å². The van der Waals surface area contributed by atoms with Gasteiger partial charge in [-0.25, -0.2) is 0 Å². The van der Waals surface area contributed by atoms with Crippen LogP contribution >= 0.6 is 0 Å². The number of rotatable bonds is 5. The van der Waals surface area contributed by atoms with Crippen molar-refractivity contribution in [3.05, 3.63) is 64.7 Å². The largest absolute Gasteiger partial charge is 0.457 e. The van der Waals surface area contributed by atoms with Gasteiger partial charge in [0.05, 0.1) is 5.92 Å². The Bertz CT molecular complexity index is 865. The molecule has 1 aliphatic rings. The van der Waals surface area contributed by atoms with Gasteiger partial charge in [-0.3, -0.25) is 14.4 Å². The van der Waals surface area contributed by atoms with Gasteiger partial charge in [-0.1, -0.05) is 48.0 Å². The summed E-state index contributed by atoms with van der Waals surface area (Å²) in [6.45, 7) is 5.80. The number of benzene rings is 2. The molecule has 0 saturated carbocycles. The predicted octanol–water partition coefficient (Wildman–Crippen LogP) is 3.39. The summed E-state index contributed by atoms with van der Waals surface area (Å²) in [4.78, 5) is 38.6. The fourth-order valence-corrected chi connectivity index (χ4v) is 3.39. The van der Waals surface area contributed by atoms with E-state index in [2.05, 4.69) is 0 Å². The smallest absolute Gasteiger partial charge is 0.311 e. The van der Waals surface area contributed by atoms with Crippen LogP contribution in [0.2, 0.25) is 0 Å². The van der Waals surface area contributed by atoms with Crippen LogP contribution in [0.15, 0.2) is 42.5 Å². The average molecular weight is 365 g/mol. The van der Waals surface area contributed by atoms with Crippen LogP contribution in [0.4, 0.5) is 5.69 Å². The maximum atomic E-state index is 12.4. The molecular formula is C22H23NO4. The Labute approximate surface area is 158 Å². The molecule has 1 amide bonds. The van der Waals surface area contributed by atoms with E-state index < -0.39 is 11.9 Å². The van der Waals surface area contributed by atoms with Crippen LogP contribution in [0.5, 0.6) is 0 Å². The van der Waals surface area contributed by atoms with E-state index in [1.807, 2.05) is 51.1 Å². The summed E-state index contributed by atoms with van der Waals surface area (Å²) in [7, 11) is 0. The van der Waals surface area contributed by atoms with Crippen molar-refractivity contribution in [3.63, 3.8) is 0 Å². The number of ether oxygens (including phenoxy) is 1. The van der Waals surface area contributed by atoms with Crippen molar-refractivity contribution in [2.75, 3.05) is 18.1 Å². The monoisotopic (exact) mass is 365 g/mol. The zero-order valence-corrected chi connectivity index (χ0v) is 15.8. The van der Waals surface area contributed by atoms with Crippen LogP contribution in [0.3, 0.4) is 0 Å². The zero-order chi connectivity index (χ0) is 19.6. The number of esters is 1. The number of Topliss-reactive ketones (excluding diaryl/α,β-unsaturated/α-hetero) is 1. The number of hydrogen-bond acceptors (Lipinski definition) is 4. The molecule has 1 atom stereocenters. The van der Waals surface area contributed by atoms with E-state index in [1.54, 1.807) is 17.0 Å². The van der Waals surface area contributed by atoms with Crippen molar-refractivity contribution in [2.24, 2.45) is 5.92 Å². The van der Waals surface area contributed by atoms with Crippen LogP contribution in [-0.2, 0) is 14.3 Å². The predicted molar refractivity (Wildman–Crippen MR) is 103 cm³/mol. The summed E-state index contributed by atoms with van der Waals surface area (Å²) in [5.41, 5.74) is 4.40. The number of hydrogen-bond donors (Lipinski definition) is 0. The first-order valence-electron chi connectivity index (χ1n) is 9.00. The van der Waals surface area contributed by atoms with Crippen molar-refractivity contribution in [1.82, 2.24) is 0 Å². The first-order chi connectivity index (χ1) is 12.9. The highest BCUT2D eigenvalue weighted by molar-refractivity contribution is 6.01. The lowest BCUT2D eigenvalue weighted by Gasteiger charge is -2.21. The second-order valence-corrected chi connectivity index (χ2v) is 7.04. The van der Waals surface area contributed by atoms with Gasteiger partial charge in [0, 0.05) is 24.2 Å². The fourth-order valence-electron chi connectivity index (χ4n) is 3.39. The molecule has 0 N–H and O–H groups in total. The third-order valence-corrected chi connectivity index (χ3v) is 4.89. The number of amides is 1. The highest BCUT2D eigenvalue weighted by atomic mass is 16.5. The van der Waals surface area contributed by atoms with Gasteiger partial charge in [0.2, 0.25) is 5.91 Å². The molecule has 0 aromatic heterocycles. The number of carbonyl (C=O) groups is 3. The minimum Gasteiger partial charge on any atom is -0.457 e. The van der Waals surface area contributed by atoms with Gasteiger partial charge in [0.1, 0.15) is 0 Å². The number of carbonyl (C=O) groups excluding carboxylic acids is 3. The standard InChI is InChI=1S/C22H23NO4/c1-14-7-9-17(10-8-14)19(24)13-27-22(26)18-11-20(25)23(12-18)21-15(2)5-4-6-16(21)3/h4-10,18H,11-13H2,1-3H3/t18-/m1/s1. The molecule has 27 heavy (non-hydrogen) atoms. The van der Waals surface area contributed by atoms with E-state index in [0.717, 1.165) is 22.4 Å². The molecule has 0 radical (unpaired) electrons. The van der Waals surface area contributed by atoms with Gasteiger partial charge in [0.25, 0.3) is 0 Å². The highest BCUT2D eigenvalue weighted by Gasteiger charge is 2.37. The van der Waals surface area contributed by atoms with E-state index in [-0.39, 0.29) is 31.3 Å². The highest BCUT2D eigenvalue weighted by Crippen LogP contribution is 2.31. The average Bonchev–Trinajstić information content (AvgIpc) is 3.01. The van der Waals surface area contributed by atoms with Crippen molar-refractivity contribution >= 4 is 23.3 Å². The fraction of sp³-hybridized carbons (Fsp3) is 0.318. The van der Waals surface area contributed by atoms with Crippen molar-refractivity contribution in [2.45, 2.75) is 27.2 Å². The summed E-state index contributed by atoms with van der Waals surface area (Å²) in [6, 6.07) is 12.9. The first-order valence-corrected chi connectivity index (χ1v) is 9.00. The van der Waals surface area contributed by atoms with E-state index in [1.165, 1.54) is 0 Å². The summed E-state index contributed by atoms with van der Waals surface area (Å²) < 4.78 is 5.20. The van der Waals surface area contributed by atoms with E-state index >= 15 is 0 Å². The Morgan fingerprint density at radius 1 is 1.04 bits per heavy atom. The van der Waals surface area contributed by atoms with Crippen LogP contribution in [0, 0.1) is 26.7 Å². The number of nitrogens with zero attached hydrogens (tertiary/aromatic N) is 1. The number of anilines is 1. The molecule has 0 unspecified atom stereocenters. The van der Waals surface area contributed by atoms with Crippen molar-refractivity contribution in [1.29, 1.82) is 0 Å². The third-order valence-electron chi connectivity index (χ3n) is 4.89. The van der Waals surface area contributed by atoms with Gasteiger partial charge in [0.15, 0.2) is 12.4 Å². The summed E-state index contributed by atoms with van der Waals surface area (Å²) >= 11 is 0. The SMILES string of the molecule is Cc1ccc(C(=O)COC(=O)[C@@H]2CC(=O)N(c3c(C)cccc3C)C2)cc1. The van der Waals surface area contributed by atoms with Crippen molar-refractivity contribution < 1.29 is 19.1 Å². The number of ketones is 1. The Balaban J connectivity index is 1.62. The normalized spacial score (nSPS) is 16.5. The number of para-hydroxylation sites is 1. The van der Waals surface area contributed by atoms with E-state index in [9.17, 15) is 14.4 Å². The molecular weight excluding hydrogens is 342 g/mol. The lowest BCUT2D eigenvalue weighted by atomic mass is 10.1.